The lowest BCUT2D eigenvalue weighted by atomic mass is 10.4. The average Bonchev–Trinajstić information content (AvgIpc) is 2.52. The van der Waals surface area contributed by atoms with Crippen LogP contribution >= 0.6 is 0 Å². The lowest BCUT2D eigenvalue weighted by Crippen LogP contribution is -2.20. The largest absolute Gasteiger partial charge is 0.508 e. The SMILES string of the molecule is [CH2]OC(=O)OCC1COCO1. The van der Waals surface area contributed by atoms with Crippen molar-refractivity contribution in [2.45, 2.75) is 6.10 Å². The third kappa shape index (κ3) is 2.73. The van der Waals surface area contributed by atoms with Gasteiger partial charge in [-0.1, -0.05) is 0 Å². The predicted octanol–water partition coefficient (Wildman–Crippen LogP) is 0.304. The summed E-state index contributed by atoms with van der Waals surface area (Å²) in [6.07, 6.45) is -0.977. The van der Waals surface area contributed by atoms with Crippen LogP contribution < -0.4 is 0 Å². The summed E-state index contributed by atoms with van der Waals surface area (Å²) in [6.45, 7) is 0.853. The Kier molecular flexibility index (Phi) is 3.13. The van der Waals surface area contributed by atoms with Crippen molar-refractivity contribution >= 4 is 6.16 Å². The van der Waals surface area contributed by atoms with Crippen LogP contribution in [0.4, 0.5) is 4.79 Å². The van der Waals surface area contributed by atoms with Gasteiger partial charge in [-0.15, -0.1) is 0 Å². The molecule has 0 amide bonds. The maximum absolute atomic E-state index is 10.4. The Morgan fingerprint density at radius 2 is 2.55 bits per heavy atom. The smallest absolute Gasteiger partial charge is 0.431 e. The molecule has 0 bridgehead atoms. The molecule has 1 fully saturated rings. The van der Waals surface area contributed by atoms with Crippen molar-refractivity contribution in [2.24, 2.45) is 0 Å². The van der Waals surface area contributed by atoms with Crippen molar-refractivity contribution in [1.29, 1.82) is 0 Å². The van der Waals surface area contributed by atoms with Crippen molar-refractivity contribution in [1.82, 2.24) is 0 Å². The number of carbonyl (C=O) groups is 1. The normalized spacial score (nSPS) is 23.2. The molecule has 1 radical (unpaired) electrons. The molecule has 63 valence electrons. The van der Waals surface area contributed by atoms with Crippen molar-refractivity contribution < 1.29 is 23.7 Å². The van der Waals surface area contributed by atoms with Crippen LogP contribution in [0.2, 0.25) is 0 Å². The molecule has 0 spiro atoms. The van der Waals surface area contributed by atoms with Crippen molar-refractivity contribution in [3.63, 3.8) is 0 Å². The van der Waals surface area contributed by atoms with Gasteiger partial charge in [-0.3, -0.25) is 0 Å². The molecule has 0 N–H and O–H groups in total. The Labute approximate surface area is 64.2 Å². The summed E-state index contributed by atoms with van der Waals surface area (Å²) >= 11 is 0. The molecule has 0 saturated carbocycles. The Bertz CT molecular complexity index is 129. The molecule has 1 saturated heterocycles. The summed E-state index contributed by atoms with van der Waals surface area (Å²) < 4.78 is 18.4. The Hall–Kier alpha value is -0.810. The van der Waals surface area contributed by atoms with Crippen molar-refractivity contribution in [3.05, 3.63) is 7.11 Å². The van der Waals surface area contributed by atoms with E-state index < -0.39 is 6.16 Å². The van der Waals surface area contributed by atoms with Crippen LogP contribution in [0.1, 0.15) is 0 Å². The van der Waals surface area contributed by atoms with E-state index in [4.69, 9.17) is 9.47 Å². The minimum atomic E-state index is -0.805. The highest BCUT2D eigenvalue weighted by Crippen LogP contribution is 2.03. The zero-order valence-corrected chi connectivity index (χ0v) is 5.95. The molecule has 5 heteroatoms. The van der Waals surface area contributed by atoms with Crippen LogP contribution in [0.25, 0.3) is 0 Å². The topological polar surface area (TPSA) is 54.0 Å². The third-order valence-electron chi connectivity index (χ3n) is 1.20. The van der Waals surface area contributed by atoms with E-state index >= 15 is 0 Å². The zero-order chi connectivity index (χ0) is 8.10. The van der Waals surface area contributed by atoms with Gasteiger partial charge < -0.3 is 18.9 Å². The van der Waals surface area contributed by atoms with Gasteiger partial charge in [-0.05, 0) is 0 Å². The van der Waals surface area contributed by atoms with Crippen LogP contribution in [0, 0.1) is 7.11 Å². The standard InChI is InChI=1S/C6H9O5/c1-8-6(7)10-3-5-2-9-4-11-5/h5H,1-4H2. The molecule has 1 aliphatic rings. The van der Waals surface area contributed by atoms with Gasteiger partial charge in [0.15, 0.2) is 0 Å². The highest BCUT2D eigenvalue weighted by atomic mass is 16.7. The summed E-state index contributed by atoms with van der Waals surface area (Å²) in [4.78, 5) is 10.4. The fourth-order valence-electron chi connectivity index (χ4n) is 0.671. The Balaban J connectivity index is 2.06. The van der Waals surface area contributed by atoms with E-state index in [0.717, 1.165) is 0 Å². The Morgan fingerprint density at radius 1 is 1.73 bits per heavy atom. The van der Waals surface area contributed by atoms with Crippen LogP contribution in [0.15, 0.2) is 0 Å². The fourth-order valence-corrected chi connectivity index (χ4v) is 0.671. The van der Waals surface area contributed by atoms with E-state index in [1.807, 2.05) is 0 Å². The number of carbonyl (C=O) groups excluding carboxylic acids is 1. The molecule has 1 unspecified atom stereocenters. The Morgan fingerprint density at radius 3 is 3.09 bits per heavy atom. The summed E-state index contributed by atoms with van der Waals surface area (Å²) in [6, 6.07) is 0. The molecule has 1 heterocycles. The first-order valence-electron chi connectivity index (χ1n) is 3.11. The highest BCUT2D eigenvalue weighted by molar-refractivity contribution is 5.59. The van der Waals surface area contributed by atoms with E-state index in [1.54, 1.807) is 0 Å². The maximum Gasteiger partial charge on any atom is 0.508 e. The van der Waals surface area contributed by atoms with E-state index in [-0.39, 0.29) is 19.5 Å². The quantitative estimate of drug-likeness (QED) is 0.545. The number of ether oxygens (including phenoxy) is 4. The van der Waals surface area contributed by atoms with Crippen molar-refractivity contribution in [2.75, 3.05) is 20.0 Å². The molecule has 11 heavy (non-hydrogen) atoms. The number of hydrogen-bond acceptors (Lipinski definition) is 5. The van der Waals surface area contributed by atoms with Crippen LogP contribution in [-0.2, 0) is 18.9 Å². The number of rotatable bonds is 2. The maximum atomic E-state index is 10.4. The fraction of sp³-hybridized carbons (Fsp3) is 0.667. The monoisotopic (exact) mass is 161 g/mol. The average molecular weight is 161 g/mol. The first-order valence-corrected chi connectivity index (χ1v) is 3.11. The lowest BCUT2D eigenvalue weighted by molar-refractivity contribution is 0.00919. The number of hydrogen-bond donors (Lipinski definition) is 0. The molecule has 0 aromatic rings. The van der Waals surface area contributed by atoms with Gasteiger partial charge in [0.25, 0.3) is 0 Å². The third-order valence-corrected chi connectivity index (χ3v) is 1.20. The molecular formula is C6H9O5. The molecule has 1 aliphatic heterocycles. The second-order valence-electron chi connectivity index (χ2n) is 1.98. The van der Waals surface area contributed by atoms with Gasteiger partial charge in [-0.2, -0.15) is 0 Å². The molecule has 0 aliphatic carbocycles. The minimum Gasteiger partial charge on any atom is -0.431 e. The molecule has 0 aromatic heterocycles. The molecular weight excluding hydrogens is 152 g/mol. The van der Waals surface area contributed by atoms with Gasteiger partial charge in [0.1, 0.15) is 26.6 Å². The van der Waals surface area contributed by atoms with Gasteiger partial charge in [0.05, 0.1) is 6.61 Å². The minimum absolute atomic E-state index is 0.147. The van der Waals surface area contributed by atoms with Gasteiger partial charge in [0, 0.05) is 0 Å². The molecule has 5 nitrogen and oxygen atoms in total. The first-order chi connectivity index (χ1) is 5.33. The van der Waals surface area contributed by atoms with E-state index in [0.29, 0.717) is 6.61 Å². The van der Waals surface area contributed by atoms with Gasteiger partial charge in [0.2, 0.25) is 0 Å². The summed E-state index contributed by atoms with van der Waals surface area (Å²) in [5, 5.41) is 0. The molecule has 0 aromatic carbocycles. The van der Waals surface area contributed by atoms with E-state index in [2.05, 4.69) is 16.6 Å². The summed E-state index contributed by atoms with van der Waals surface area (Å²) in [5.74, 6) is 0. The van der Waals surface area contributed by atoms with Gasteiger partial charge >= 0.3 is 6.16 Å². The van der Waals surface area contributed by atoms with Gasteiger partial charge in [-0.25, -0.2) is 4.79 Å². The predicted molar refractivity (Wildman–Crippen MR) is 33.5 cm³/mol. The summed E-state index contributed by atoms with van der Waals surface area (Å²) in [7, 11) is 2.88. The van der Waals surface area contributed by atoms with E-state index in [1.165, 1.54) is 0 Å². The summed E-state index contributed by atoms with van der Waals surface area (Å²) in [5.41, 5.74) is 0. The van der Waals surface area contributed by atoms with E-state index in [9.17, 15) is 4.79 Å². The van der Waals surface area contributed by atoms with Crippen molar-refractivity contribution in [3.8, 4) is 0 Å². The van der Waals surface area contributed by atoms with Crippen LogP contribution in [0.5, 0.6) is 0 Å². The highest BCUT2D eigenvalue weighted by Gasteiger charge is 2.17. The molecule has 1 rings (SSSR count). The zero-order valence-electron chi connectivity index (χ0n) is 5.95. The van der Waals surface area contributed by atoms with Crippen LogP contribution in [0.3, 0.4) is 0 Å². The first kappa shape index (κ1) is 8.29. The molecule has 1 atom stereocenters. The van der Waals surface area contributed by atoms with Crippen LogP contribution in [-0.4, -0.2) is 32.3 Å². The lowest BCUT2D eigenvalue weighted by Gasteiger charge is -2.06. The second-order valence-corrected chi connectivity index (χ2v) is 1.98. The second kappa shape index (κ2) is 4.15.